The second-order valence-electron chi connectivity index (χ2n) is 7.29. The molecule has 3 aromatic carbocycles. The molecule has 3 aromatic rings. The summed E-state index contributed by atoms with van der Waals surface area (Å²) in [4.78, 5) is 12.4. The van der Waals surface area contributed by atoms with E-state index in [2.05, 4.69) is 17.4 Å². The van der Waals surface area contributed by atoms with Gasteiger partial charge in [-0.05, 0) is 60.4 Å². The van der Waals surface area contributed by atoms with Gasteiger partial charge < -0.3 is 5.32 Å². The fraction of sp³-hybridized carbons (Fsp3) is 0.208. The highest BCUT2D eigenvalue weighted by Crippen LogP contribution is 2.22. The van der Waals surface area contributed by atoms with Gasteiger partial charge in [0.05, 0.1) is 18.5 Å². The number of rotatable bonds is 9. The van der Waals surface area contributed by atoms with Crippen molar-refractivity contribution in [3.05, 3.63) is 101 Å². The first-order valence-electron chi connectivity index (χ1n) is 9.97. The Morgan fingerprint density at radius 2 is 1.55 bits per heavy atom. The molecule has 0 aliphatic rings. The predicted molar refractivity (Wildman–Crippen MR) is 126 cm³/mol. The quantitative estimate of drug-likeness (QED) is 0.476. The Hall–Kier alpha value is -2.83. The molecule has 0 unspecified atom stereocenters. The molecule has 1 amide bonds. The van der Waals surface area contributed by atoms with E-state index < -0.39 is 10.0 Å². The number of aryl methyl sites for hydroxylation is 1. The molecule has 0 radical (unpaired) electrons. The van der Waals surface area contributed by atoms with E-state index in [0.29, 0.717) is 22.8 Å². The second-order valence-corrected chi connectivity index (χ2v) is 9.63. The first-order chi connectivity index (χ1) is 14.8. The van der Waals surface area contributed by atoms with Crippen LogP contribution in [-0.2, 0) is 23.0 Å². The maximum absolute atomic E-state index is 12.4. The number of nitrogens with one attached hydrogen (secondary N) is 1. The van der Waals surface area contributed by atoms with Crippen LogP contribution < -0.4 is 9.62 Å². The highest BCUT2D eigenvalue weighted by Gasteiger charge is 2.18. The molecule has 0 bridgehead atoms. The molecule has 0 fully saturated rings. The zero-order valence-corrected chi connectivity index (χ0v) is 18.9. The van der Waals surface area contributed by atoms with Crippen LogP contribution in [0.3, 0.4) is 0 Å². The topological polar surface area (TPSA) is 66.5 Å². The number of nitrogens with zero attached hydrogens (tertiary/aromatic N) is 1. The highest BCUT2D eigenvalue weighted by molar-refractivity contribution is 7.92. The molecule has 5 nitrogen and oxygen atoms in total. The lowest BCUT2D eigenvalue weighted by atomic mass is 10.1. The van der Waals surface area contributed by atoms with Crippen molar-refractivity contribution in [1.82, 2.24) is 5.32 Å². The monoisotopic (exact) mass is 456 g/mol. The average molecular weight is 457 g/mol. The summed E-state index contributed by atoms with van der Waals surface area (Å²) in [5.41, 5.74) is 3.04. The molecule has 0 aromatic heterocycles. The van der Waals surface area contributed by atoms with Crippen LogP contribution >= 0.6 is 11.6 Å². The largest absolute Gasteiger partial charge is 0.352 e. The summed E-state index contributed by atoms with van der Waals surface area (Å²) < 4.78 is 26.0. The number of amides is 1. The van der Waals surface area contributed by atoms with Gasteiger partial charge in [0.2, 0.25) is 10.0 Å². The molecule has 0 aliphatic heterocycles. The Morgan fingerprint density at radius 1 is 0.903 bits per heavy atom. The van der Waals surface area contributed by atoms with E-state index in [1.807, 2.05) is 18.2 Å². The van der Waals surface area contributed by atoms with E-state index in [9.17, 15) is 13.2 Å². The first-order valence-corrected chi connectivity index (χ1v) is 12.2. The van der Waals surface area contributed by atoms with E-state index >= 15 is 0 Å². The van der Waals surface area contributed by atoms with Crippen LogP contribution in [0, 0.1) is 0 Å². The number of benzene rings is 3. The molecule has 3 rings (SSSR count). The van der Waals surface area contributed by atoms with Gasteiger partial charge in [-0.15, -0.1) is 0 Å². The third-order valence-corrected chi connectivity index (χ3v) is 6.22. The second kappa shape index (κ2) is 10.5. The summed E-state index contributed by atoms with van der Waals surface area (Å²) in [6.07, 6.45) is 2.90. The predicted octanol–water partition coefficient (Wildman–Crippen LogP) is 4.67. The Balaban J connectivity index is 1.61. The van der Waals surface area contributed by atoms with E-state index in [1.54, 1.807) is 48.5 Å². The average Bonchev–Trinajstić information content (AvgIpc) is 2.76. The van der Waals surface area contributed by atoms with Crippen molar-refractivity contribution in [2.24, 2.45) is 0 Å². The van der Waals surface area contributed by atoms with Crippen molar-refractivity contribution in [3.63, 3.8) is 0 Å². The van der Waals surface area contributed by atoms with Crippen LogP contribution in [0.4, 0.5) is 5.69 Å². The van der Waals surface area contributed by atoms with Gasteiger partial charge in [0, 0.05) is 17.1 Å². The van der Waals surface area contributed by atoms with Gasteiger partial charge in [0.25, 0.3) is 5.91 Å². The number of halogens is 1. The molecule has 1 N–H and O–H groups in total. The number of carbonyl (C=O) groups is 1. The van der Waals surface area contributed by atoms with Crippen molar-refractivity contribution in [1.29, 1.82) is 0 Å². The lowest BCUT2D eigenvalue weighted by Gasteiger charge is -2.23. The normalized spacial score (nSPS) is 11.2. The van der Waals surface area contributed by atoms with Crippen molar-refractivity contribution < 1.29 is 13.2 Å². The zero-order valence-electron chi connectivity index (χ0n) is 17.3. The molecule has 0 saturated heterocycles. The van der Waals surface area contributed by atoms with E-state index in [0.717, 1.165) is 24.7 Å². The van der Waals surface area contributed by atoms with Crippen LogP contribution in [0.15, 0.2) is 78.9 Å². The van der Waals surface area contributed by atoms with Crippen LogP contribution in [-0.4, -0.2) is 27.1 Å². The fourth-order valence-electron chi connectivity index (χ4n) is 3.18. The molecular weight excluding hydrogens is 432 g/mol. The van der Waals surface area contributed by atoms with E-state index in [1.165, 1.54) is 9.87 Å². The number of sulfonamides is 1. The third-order valence-electron chi connectivity index (χ3n) is 4.83. The van der Waals surface area contributed by atoms with Crippen molar-refractivity contribution in [2.75, 3.05) is 17.1 Å². The fourth-order valence-corrected chi connectivity index (χ4v) is 4.19. The summed E-state index contributed by atoms with van der Waals surface area (Å²) in [5.74, 6) is -0.178. The highest BCUT2D eigenvalue weighted by atomic mass is 35.5. The Morgan fingerprint density at radius 3 is 2.16 bits per heavy atom. The Kier molecular flexibility index (Phi) is 7.71. The van der Waals surface area contributed by atoms with Crippen LogP contribution in [0.25, 0.3) is 0 Å². The van der Waals surface area contributed by atoms with Gasteiger partial charge >= 0.3 is 0 Å². The van der Waals surface area contributed by atoms with Gasteiger partial charge in [-0.25, -0.2) is 8.42 Å². The van der Waals surface area contributed by atoms with Crippen LogP contribution in [0.1, 0.15) is 27.9 Å². The lowest BCUT2D eigenvalue weighted by Crippen LogP contribution is -2.29. The number of hydrogen-bond acceptors (Lipinski definition) is 3. The zero-order chi connectivity index (χ0) is 22.3. The van der Waals surface area contributed by atoms with E-state index in [4.69, 9.17) is 11.6 Å². The number of hydrogen-bond donors (Lipinski definition) is 1. The van der Waals surface area contributed by atoms with Crippen LogP contribution in [0.2, 0.25) is 5.02 Å². The number of carbonyl (C=O) groups excluding carboxylic acids is 1. The maximum atomic E-state index is 12.4. The van der Waals surface area contributed by atoms with E-state index in [-0.39, 0.29) is 12.5 Å². The molecule has 7 heteroatoms. The van der Waals surface area contributed by atoms with Gasteiger partial charge in [-0.2, -0.15) is 0 Å². The summed E-state index contributed by atoms with van der Waals surface area (Å²) >= 11 is 5.91. The molecule has 0 spiro atoms. The molecular formula is C24H25ClN2O3S. The molecule has 162 valence electrons. The van der Waals surface area contributed by atoms with Crippen molar-refractivity contribution >= 4 is 33.2 Å². The molecule has 0 atom stereocenters. The molecule has 0 heterocycles. The molecule has 0 aliphatic carbocycles. The standard InChI is InChI=1S/C24H25ClN2O3S/c1-31(29,30)27(18-20-9-13-22(25)14-10-20)23-15-11-21(12-16-23)24(28)26-17-5-8-19-6-3-2-4-7-19/h2-4,6-7,9-16H,5,8,17-18H2,1H3,(H,26,28). The summed E-state index contributed by atoms with van der Waals surface area (Å²) in [6.45, 7) is 0.753. The SMILES string of the molecule is CS(=O)(=O)N(Cc1ccc(Cl)cc1)c1ccc(C(=O)NCCCc2ccccc2)cc1. The minimum absolute atomic E-state index is 0.178. The summed E-state index contributed by atoms with van der Waals surface area (Å²) in [7, 11) is -3.50. The van der Waals surface area contributed by atoms with Gasteiger partial charge in [0.1, 0.15) is 0 Å². The van der Waals surface area contributed by atoms with Gasteiger partial charge in [0.15, 0.2) is 0 Å². The Labute approximate surface area is 188 Å². The molecule has 0 saturated carbocycles. The van der Waals surface area contributed by atoms with Crippen LogP contribution in [0.5, 0.6) is 0 Å². The minimum Gasteiger partial charge on any atom is -0.352 e. The minimum atomic E-state index is -3.50. The van der Waals surface area contributed by atoms with Crippen molar-refractivity contribution in [2.45, 2.75) is 19.4 Å². The Bertz CT molecular complexity index is 1100. The lowest BCUT2D eigenvalue weighted by molar-refractivity contribution is 0.0953. The third kappa shape index (κ3) is 6.84. The summed E-state index contributed by atoms with van der Waals surface area (Å²) in [6, 6.07) is 23.7. The van der Waals surface area contributed by atoms with Gasteiger partial charge in [-0.1, -0.05) is 54.1 Å². The molecule has 31 heavy (non-hydrogen) atoms. The summed E-state index contributed by atoms with van der Waals surface area (Å²) in [5, 5.41) is 3.50. The van der Waals surface area contributed by atoms with Crippen molar-refractivity contribution in [3.8, 4) is 0 Å². The number of anilines is 1. The smallest absolute Gasteiger partial charge is 0.251 e. The van der Waals surface area contributed by atoms with Gasteiger partial charge in [-0.3, -0.25) is 9.10 Å². The first kappa shape index (κ1) is 22.8. The maximum Gasteiger partial charge on any atom is 0.251 e.